The topological polar surface area (TPSA) is 79.1 Å². The van der Waals surface area contributed by atoms with Crippen molar-refractivity contribution in [1.82, 2.24) is 4.90 Å². The zero-order valence-electron chi connectivity index (χ0n) is 12.1. The van der Waals surface area contributed by atoms with Crippen LogP contribution in [0, 0.1) is 10.1 Å². The Morgan fingerprint density at radius 3 is 2.62 bits per heavy atom. The van der Waals surface area contributed by atoms with Gasteiger partial charge in [0.05, 0.1) is 17.6 Å². The third-order valence-electron chi connectivity index (χ3n) is 3.62. The molecule has 0 aromatic heterocycles. The van der Waals surface area contributed by atoms with Gasteiger partial charge in [-0.15, -0.1) is 0 Å². The SMILES string of the molecule is COCC(O)CN1CCN(c2ccccc2[N+](=O)[O-])CC1. The molecule has 1 aliphatic heterocycles. The maximum absolute atomic E-state index is 11.1. The smallest absolute Gasteiger partial charge is 0.292 e. The van der Waals surface area contributed by atoms with Gasteiger partial charge in [-0.05, 0) is 6.07 Å². The van der Waals surface area contributed by atoms with Gasteiger partial charge in [-0.3, -0.25) is 15.0 Å². The summed E-state index contributed by atoms with van der Waals surface area (Å²) in [5, 5.41) is 20.8. The van der Waals surface area contributed by atoms with E-state index in [0.717, 1.165) is 13.1 Å². The van der Waals surface area contributed by atoms with Crippen LogP contribution in [0.25, 0.3) is 0 Å². The zero-order valence-corrected chi connectivity index (χ0v) is 12.1. The number of hydrogen-bond donors (Lipinski definition) is 1. The largest absolute Gasteiger partial charge is 0.389 e. The van der Waals surface area contributed by atoms with Crippen LogP contribution in [0.4, 0.5) is 11.4 Å². The molecule has 0 amide bonds. The van der Waals surface area contributed by atoms with Gasteiger partial charge < -0.3 is 14.7 Å². The van der Waals surface area contributed by atoms with Crippen LogP contribution in [-0.4, -0.2) is 67.5 Å². The summed E-state index contributed by atoms with van der Waals surface area (Å²) in [6.07, 6.45) is -0.493. The molecule has 1 fully saturated rings. The van der Waals surface area contributed by atoms with Gasteiger partial charge in [0.25, 0.3) is 5.69 Å². The van der Waals surface area contributed by atoms with E-state index < -0.39 is 6.10 Å². The average Bonchev–Trinajstić information content (AvgIpc) is 2.48. The lowest BCUT2D eigenvalue weighted by atomic mass is 10.2. The van der Waals surface area contributed by atoms with Gasteiger partial charge in [0.15, 0.2) is 0 Å². The Hall–Kier alpha value is -1.70. The number of β-amino-alcohol motifs (C(OH)–C–C–N with tert-alkyl or cyclic N) is 1. The van der Waals surface area contributed by atoms with Crippen LogP contribution in [0.5, 0.6) is 0 Å². The second-order valence-corrected chi connectivity index (χ2v) is 5.14. The second-order valence-electron chi connectivity index (χ2n) is 5.14. The van der Waals surface area contributed by atoms with Crippen molar-refractivity contribution in [3.8, 4) is 0 Å². The molecular weight excluding hydrogens is 274 g/mol. The van der Waals surface area contributed by atoms with Crippen molar-refractivity contribution in [1.29, 1.82) is 0 Å². The van der Waals surface area contributed by atoms with Gasteiger partial charge in [-0.2, -0.15) is 0 Å². The molecule has 1 heterocycles. The molecule has 1 N–H and O–H groups in total. The number of ether oxygens (including phenoxy) is 1. The van der Waals surface area contributed by atoms with Gasteiger partial charge in [-0.1, -0.05) is 12.1 Å². The minimum Gasteiger partial charge on any atom is -0.389 e. The van der Waals surface area contributed by atoms with Crippen LogP contribution in [0.1, 0.15) is 0 Å². The number of anilines is 1. The molecular formula is C14H21N3O4. The first-order chi connectivity index (χ1) is 10.1. The van der Waals surface area contributed by atoms with Crippen LogP contribution in [0.15, 0.2) is 24.3 Å². The van der Waals surface area contributed by atoms with Crippen LogP contribution in [-0.2, 0) is 4.74 Å². The molecule has 1 unspecified atom stereocenters. The van der Waals surface area contributed by atoms with E-state index in [1.54, 1.807) is 19.2 Å². The zero-order chi connectivity index (χ0) is 15.2. The Morgan fingerprint density at radius 2 is 2.00 bits per heavy atom. The Morgan fingerprint density at radius 1 is 1.33 bits per heavy atom. The third-order valence-corrected chi connectivity index (χ3v) is 3.62. The minimum absolute atomic E-state index is 0.144. The molecule has 1 aromatic carbocycles. The maximum Gasteiger partial charge on any atom is 0.292 e. The molecule has 0 radical (unpaired) electrons. The summed E-state index contributed by atoms with van der Waals surface area (Å²) >= 11 is 0. The summed E-state index contributed by atoms with van der Waals surface area (Å²) in [5.74, 6) is 0. The first-order valence-corrected chi connectivity index (χ1v) is 6.99. The quantitative estimate of drug-likeness (QED) is 0.615. The minimum atomic E-state index is -0.493. The first-order valence-electron chi connectivity index (χ1n) is 6.99. The highest BCUT2D eigenvalue weighted by Crippen LogP contribution is 2.28. The van der Waals surface area contributed by atoms with Gasteiger partial charge in [0.2, 0.25) is 0 Å². The Balaban J connectivity index is 1.94. The van der Waals surface area contributed by atoms with E-state index in [0.29, 0.717) is 31.9 Å². The molecule has 0 bridgehead atoms. The van der Waals surface area contributed by atoms with Crippen LogP contribution in [0.3, 0.4) is 0 Å². The van der Waals surface area contributed by atoms with Crippen LogP contribution >= 0.6 is 0 Å². The highest BCUT2D eigenvalue weighted by atomic mass is 16.6. The number of methoxy groups -OCH3 is 1. The number of benzene rings is 1. The molecule has 1 saturated heterocycles. The first kappa shape index (κ1) is 15.7. The molecule has 1 aromatic rings. The average molecular weight is 295 g/mol. The van der Waals surface area contributed by atoms with Crippen molar-refractivity contribution in [2.45, 2.75) is 6.10 Å². The fraction of sp³-hybridized carbons (Fsp3) is 0.571. The molecule has 21 heavy (non-hydrogen) atoms. The molecule has 7 heteroatoms. The second kappa shape index (κ2) is 7.35. The molecule has 0 aliphatic carbocycles. The third kappa shape index (κ3) is 4.13. The van der Waals surface area contributed by atoms with Crippen molar-refractivity contribution in [2.24, 2.45) is 0 Å². The van der Waals surface area contributed by atoms with E-state index in [1.165, 1.54) is 6.07 Å². The predicted molar refractivity (Wildman–Crippen MR) is 79.6 cm³/mol. The number of rotatable bonds is 6. The normalized spacial score (nSPS) is 17.7. The lowest BCUT2D eigenvalue weighted by Gasteiger charge is -2.36. The Labute approximate surface area is 123 Å². The summed E-state index contributed by atoms with van der Waals surface area (Å²) in [6, 6.07) is 6.81. The molecule has 0 saturated carbocycles. The van der Waals surface area contributed by atoms with Crippen molar-refractivity contribution in [2.75, 3.05) is 51.3 Å². The molecule has 1 aliphatic rings. The number of nitro groups is 1. The fourth-order valence-electron chi connectivity index (χ4n) is 2.60. The highest BCUT2D eigenvalue weighted by Gasteiger charge is 2.24. The fourth-order valence-corrected chi connectivity index (χ4v) is 2.60. The number of piperazine rings is 1. The van der Waals surface area contributed by atoms with Crippen LogP contribution in [0.2, 0.25) is 0 Å². The van der Waals surface area contributed by atoms with E-state index in [2.05, 4.69) is 4.90 Å². The van der Waals surface area contributed by atoms with Gasteiger partial charge in [0.1, 0.15) is 5.69 Å². The molecule has 116 valence electrons. The van der Waals surface area contributed by atoms with Crippen molar-refractivity contribution >= 4 is 11.4 Å². The van der Waals surface area contributed by atoms with Gasteiger partial charge >= 0.3 is 0 Å². The number of nitrogens with zero attached hydrogens (tertiary/aromatic N) is 3. The number of nitro benzene ring substituents is 1. The summed E-state index contributed by atoms with van der Waals surface area (Å²) in [7, 11) is 1.57. The summed E-state index contributed by atoms with van der Waals surface area (Å²) < 4.78 is 4.92. The van der Waals surface area contributed by atoms with E-state index in [1.807, 2.05) is 11.0 Å². The maximum atomic E-state index is 11.1. The molecule has 0 spiro atoms. The number of hydrogen-bond acceptors (Lipinski definition) is 6. The predicted octanol–water partition coefficient (Wildman–Crippen LogP) is 0.724. The summed E-state index contributed by atoms with van der Waals surface area (Å²) in [6.45, 7) is 3.86. The Bertz CT molecular complexity index is 475. The van der Waals surface area contributed by atoms with Crippen molar-refractivity contribution < 1.29 is 14.8 Å². The Kier molecular flexibility index (Phi) is 5.49. The van der Waals surface area contributed by atoms with E-state index >= 15 is 0 Å². The standard InChI is InChI=1S/C14H21N3O4/c1-21-11-12(18)10-15-6-8-16(9-7-15)13-4-2-3-5-14(13)17(19)20/h2-5,12,18H,6-11H2,1H3. The number of aliphatic hydroxyl groups is 1. The highest BCUT2D eigenvalue weighted by molar-refractivity contribution is 5.63. The summed E-state index contributed by atoms with van der Waals surface area (Å²) in [4.78, 5) is 14.9. The molecule has 2 rings (SSSR count). The van der Waals surface area contributed by atoms with E-state index in [9.17, 15) is 15.2 Å². The van der Waals surface area contributed by atoms with Gasteiger partial charge in [0, 0.05) is 45.9 Å². The number of para-hydroxylation sites is 2. The molecule has 7 nitrogen and oxygen atoms in total. The monoisotopic (exact) mass is 295 g/mol. The van der Waals surface area contributed by atoms with E-state index in [-0.39, 0.29) is 10.6 Å². The van der Waals surface area contributed by atoms with Crippen molar-refractivity contribution in [3.05, 3.63) is 34.4 Å². The lowest BCUT2D eigenvalue weighted by molar-refractivity contribution is -0.384. The summed E-state index contributed by atoms with van der Waals surface area (Å²) in [5.41, 5.74) is 0.810. The van der Waals surface area contributed by atoms with Crippen molar-refractivity contribution in [3.63, 3.8) is 0 Å². The van der Waals surface area contributed by atoms with E-state index in [4.69, 9.17) is 4.74 Å². The van der Waals surface area contributed by atoms with Gasteiger partial charge in [-0.25, -0.2) is 0 Å². The van der Waals surface area contributed by atoms with Crippen LogP contribution < -0.4 is 4.90 Å². The number of aliphatic hydroxyl groups excluding tert-OH is 1. The lowest BCUT2D eigenvalue weighted by Crippen LogP contribution is -2.49. The molecule has 1 atom stereocenters.